The van der Waals surface area contributed by atoms with Crippen molar-refractivity contribution in [3.63, 3.8) is 0 Å². The number of hydrogen-bond donors (Lipinski definition) is 0. The molecule has 0 saturated heterocycles. The lowest BCUT2D eigenvalue weighted by atomic mass is 9.83. The number of pyridine rings is 1. The molecule has 3 rings (SSSR count). The zero-order valence-corrected chi connectivity index (χ0v) is 16.4. The van der Waals surface area contributed by atoms with E-state index in [1.54, 1.807) is 31.4 Å². The molecule has 0 aliphatic heterocycles. The molecule has 2 unspecified atom stereocenters. The van der Waals surface area contributed by atoms with Gasteiger partial charge < -0.3 is 4.57 Å². The summed E-state index contributed by atoms with van der Waals surface area (Å²) >= 11 is 6.09. The SMILES string of the molecule is Cc1cc(Cl)ccc1C(CC(N=O)c1ccc(=O)n(C)c1)c1cccc(F)c1. The summed E-state index contributed by atoms with van der Waals surface area (Å²) in [4.78, 5) is 23.3. The average Bonchev–Trinajstić information content (AvgIpc) is 2.66. The Balaban J connectivity index is 2.06. The Labute approximate surface area is 167 Å². The van der Waals surface area contributed by atoms with E-state index in [-0.39, 0.29) is 17.3 Å². The molecule has 3 aromatic rings. The third-order valence-electron chi connectivity index (χ3n) is 4.94. The molecule has 6 heteroatoms. The maximum Gasteiger partial charge on any atom is 0.250 e. The van der Waals surface area contributed by atoms with Gasteiger partial charge in [-0.15, -0.1) is 0 Å². The highest BCUT2D eigenvalue weighted by molar-refractivity contribution is 6.30. The van der Waals surface area contributed by atoms with Gasteiger partial charge >= 0.3 is 0 Å². The van der Waals surface area contributed by atoms with Crippen molar-refractivity contribution in [1.29, 1.82) is 0 Å². The van der Waals surface area contributed by atoms with Gasteiger partial charge in [0.1, 0.15) is 11.9 Å². The van der Waals surface area contributed by atoms with Crippen molar-refractivity contribution in [3.05, 3.63) is 109 Å². The van der Waals surface area contributed by atoms with Crippen molar-refractivity contribution < 1.29 is 4.39 Å². The predicted octanol–water partition coefficient (Wildman–Crippen LogP) is 5.52. The molecule has 1 heterocycles. The first kappa shape index (κ1) is 20.0. The fourth-order valence-electron chi connectivity index (χ4n) is 3.47. The first-order valence-corrected chi connectivity index (χ1v) is 9.27. The van der Waals surface area contributed by atoms with Crippen molar-refractivity contribution in [2.75, 3.05) is 0 Å². The summed E-state index contributed by atoms with van der Waals surface area (Å²) in [5, 5.41) is 3.92. The quantitative estimate of drug-likeness (QED) is 0.513. The summed E-state index contributed by atoms with van der Waals surface area (Å²) in [6.45, 7) is 1.93. The van der Waals surface area contributed by atoms with Gasteiger partial charge in [0.15, 0.2) is 0 Å². The predicted molar refractivity (Wildman–Crippen MR) is 109 cm³/mol. The number of aryl methyl sites for hydroxylation is 2. The van der Waals surface area contributed by atoms with Crippen LogP contribution in [0.15, 0.2) is 70.8 Å². The Morgan fingerprint density at radius 2 is 1.89 bits per heavy atom. The standard InChI is InChI=1S/C22H20ClFN2O2/c1-14-10-17(23)7-8-19(14)20(15-4-3-5-18(24)11-15)12-21(25-28)16-6-9-22(27)26(2)13-16/h3-11,13,20-21H,12H2,1-2H3. The molecule has 28 heavy (non-hydrogen) atoms. The molecule has 0 fully saturated rings. The normalized spacial score (nSPS) is 13.1. The Morgan fingerprint density at radius 1 is 1.11 bits per heavy atom. The number of nitrogens with zero attached hydrogens (tertiary/aromatic N) is 2. The van der Waals surface area contributed by atoms with Crippen LogP contribution in [0, 0.1) is 17.6 Å². The Kier molecular flexibility index (Phi) is 6.05. The smallest absolute Gasteiger partial charge is 0.250 e. The molecular formula is C22H20ClFN2O2. The highest BCUT2D eigenvalue weighted by Crippen LogP contribution is 2.37. The minimum absolute atomic E-state index is 0.163. The number of nitroso groups, excluding NO2 is 1. The molecule has 144 valence electrons. The molecule has 0 bridgehead atoms. The van der Waals surface area contributed by atoms with Crippen LogP contribution < -0.4 is 5.56 Å². The largest absolute Gasteiger partial charge is 0.318 e. The number of hydrogen-bond acceptors (Lipinski definition) is 3. The van der Waals surface area contributed by atoms with Gasteiger partial charge in [0.25, 0.3) is 0 Å². The molecule has 0 aliphatic rings. The molecule has 2 atom stereocenters. The summed E-state index contributed by atoms with van der Waals surface area (Å²) in [6, 6.07) is 14.2. The molecule has 4 nitrogen and oxygen atoms in total. The van der Waals surface area contributed by atoms with Gasteiger partial charge in [-0.25, -0.2) is 4.39 Å². The van der Waals surface area contributed by atoms with Crippen LogP contribution >= 0.6 is 11.6 Å². The van der Waals surface area contributed by atoms with Gasteiger partial charge in [0.2, 0.25) is 5.56 Å². The zero-order chi connectivity index (χ0) is 20.3. The summed E-state index contributed by atoms with van der Waals surface area (Å²) < 4.78 is 15.3. The highest BCUT2D eigenvalue weighted by Gasteiger charge is 2.24. The monoisotopic (exact) mass is 398 g/mol. The molecular weight excluding hydrogens is 379 g/mol. The van der Waals surface area contributed by atoms with Gasteiger partial charge in [-0.05, 0) is 65.9 Å². The van der Waals surface area contributed by atoms with E-state index in [2.05, 4.69) is 5.18 Å². The van der Waals surface area contributed by atoms with Crippen LogP contribution in [0.1, 0.15) is 40.6 Å². The topological polar surface area (TPSA) is 51.4 Å². The van der Waals surface area contributed by atoms with E-state index >= 15 is 0 Å². The molecule has 1 aromatic heterocycles. The summed E-state index contributed by atoms with van der Waals surface area (Å²) in [5.74, 6) is -0.597. The lowest BCUT2D eigenvalue weighted by molar-refractivity contribution is 0.579. The minimum Gasteiger partial charge on any atom is -0.318 e. The van der Waals surface area contributed by atoms with E-state index in [0.29, 0.717) is 17.0 Å². The van der Waals surface area contributed by atoms with Crippen molar-refractivity contribution in [2.45, 2.75) is 25.3 Å². The number of rotatable bonds is 6. The Bertz CT molecular complexity index is 1060. The molecule has 0 aliphatic carbocycles. The maximum absolute atomic E-state index is 13.9. The molecule has 0 radical (unpaired) electrons. The van der Waals surface area contributed by atoms with E-state index in [1.807, 2.05) is 25.1 Å². The molecule has 2 aromatic carbocycles. The maximum atomic E-state index is 13.9. The molecule has 0 amide bonds. The van der Waals surface area contributed by atoms with Crippen molar-refractivity contribution in [2.24, 2.45) is 12.2 Å². The van der Waals surface area contributed by atoms with E-state index in [4.69, 9.17) is 11.6 Å². The van der Waals surface area contributed by atoms with E-state index in [0.717, 1.165) is 16.7 Å². The fraction of sp³-hybridized carbons (Fsp3) is 0.227. The van der Waals surface area contributed by atoms with Gasteiger partial charge in [-0.3, -0.25) is 4.79 Å². The lowest BCUT2D eigenvalue weighted by Crippen LogP contribution is -2.16. The zero-order valence-electron chi connectivity index (χ0n) is 15.6. The Morgan fingerprint density at radius 3 is 2.54 bits per heavy atom. The van der Waals surface area contributed by atoms with Crippen LogP contribution in [-0.2, 0) is 7.05 Å². The van der Waals surface area contributed by atoms with Crippen molar-refractivity contribution >= 4 is 11.6 Å². The summed E-state index contributed by atoms with van der Waals surface area (Å²) in [6.07, 6.45) is 1.96. The van der Waals surface area contributed by atoms with E-state index in [9.17, 15) is 14.1 Å². The van der Waals surface area contributed by atoms with Crippen LogP contribution in [0.4, 0.5) is 4.39 Å². The molecule has 0 saturated carbocycles. The minimum atomic E-state index is -0.685. The molecule has 0 N–H and O–H groups in total. The Hall–Kier alpha value is -2.79. The van der Waals surface area contributed by atoms with Crippen LogP contribution in [0.2, 0.25) is 5.02 Å². The first-order valence-electron chi connectivity index (χ1n) is 8.89. The van der Waals surface area contributed by atoms with Crippen LogP contribution in [-0.4, -0.2) is 4.57 Å². The third-order valence-corrected chi connectivity index (χ3v) is 5.17. The van der Waals surface area contributed by atoms with Gasteiger partial charge in [-0.1, -0.05) is 35.0 Å². The van der Waals surface area contributed by atoms with Crippen LogP contribution in [0.5, 0.6) is 0 Å². The van der Waals surface area contributed by atoms with Gasteiger partial charge in [0.05, 0.1) is 0 Å². The third kappa shape index (κ3) is 4.37. The molecule has 0 spiro atoms. The van der Waals surface area contributed by atoms with Gasteiger partial charge in [0, 0.05) is 30.3 Å². The fourth-order valence-corrected chi connectivity index (χ4v) is 3.70. The van der Waals surface area contributed by atoms with Crippen LogP contribution in [0.25, 0.3) is 0 Å². The number of halogens is 2. The van der Waals surface area contributed by atoms with Gasteiger partial charge in [-0.2, -0.15) is 4.91 Å². The average molecular weight is 399 g/mol. The van der Waals surface area contributed by atoms with Crippen LogP contribution in [0.3, 0.4) is 0 Å². The number of aromatic nitrogens is 1. The lowest BCUT2D eigenvalue weighted by Gasteiger charge is -2.23. The first-order chi connectivity index (χ1) is 13.4. The second kappa shape index (κ2) is 8.48. The van der Waals surface area contributed by atoms with E-state index < -0.39 is 6.04 Å². The summed E-state index contributed by atoms with van der Waals surface area (Å²) in [7, 11) is 1.63. The van der Waals surface area contributed by atoms with Crippen molar-refractivity contribution in [1.82, 2.24) is 4.57 Å². The number of benzene rings is 2. The second-order valence-corrected chi connectivity index (χ2v) is 7.31. The highest BCUT2D eigenvalue weighted by atomic mass is 35.5. The second-order valence-electron chi connectivity index (χ2n) is 6.88. The van der Waals surface area contributed by atoms with E-state index in [1.165, 1.54) is 22.8 Å². The van der Waals surface area contributed by atoms with Crippen molar-refractivity contribution in [3.8, 4) is 0 Å². The summed E-state index contributed by atoms with van der Waals surface area (Å²) in [5.41, 5.74) is 3.14.